The van der Waals surface area contributed by atoms with Gasteiger partial charge in [-0.3, -0.25) is 9.59 Å². The van der Waals surface area contributed by atoms with E-state index in [0.29, 0.717) is 17.9 Å². The molecule has 1 aromatic carbocycles. The number of aliphatic hydroxyl groups excluding tert-OH is 1. The first-order valence-corrected chi connectivity index (χ1v) is 14.2. The summed E-state index contributed by atoms with van der Waals surface area (Å²) in [5, 5.41) is 21.7. The number of β-amino-alcohol motifs (C(OH)–C–C–N with tert-alkyl or cyclic N) is 1. The van der Waals surface area contributed by atoms with Crippen LogP contribution in [0.5, 0.6) is 0 Å². The molecule has 2 heterocycles. The summed E-state index contributed by atoms with van der Waals surface area (Å²) in [7, 11) is -3.39. The normalized spacial score (nSPS) is 21.4. The van der Waals surface area contributed by atoms with Crippen molar-refractivity contribution in [3.8, 4) is 0 Å². The number of aromatic nitrogens is 3. The van der Waals surface area contributed by atoms with E-state index in [1.807, 2.05) is 27.0 Å². The van der Waals surface area contributed by atoms with Crippen molar-refractivity contribution in [3.63, 3.8) is 0 Å². The topological polar surface area (TPSA) is 134 Å². The van der Waals surface area contributed by atoms with Crippen molar-refractivity contribution >= 4 is 21.7 Å². The van der Waals surface area contributed by atoms with E-state index in [1.165, 1.54) is 4.90 Å². The average molecular weight is 518 g/mol. The highest BCUT2D eigenvalue weighted by Crippen LogP contribution is 2.40. The zero-order valence-corrected chi connectivity index (χ0v) is 22.0. The van der Waals surface area contributed by atoms with Crippen molar-refractivity contribution < 1.29 is 23.1 Å². The van der Waals surface area contributed by atoms with E-state index in [1.54, 1.807) is 28.9 Å². The molecule has 0 bridgehead atoms. The lowest BCUT2D eigenvalue weighted by atomic mass is 9.85. The van der Waals surface area contributed by atoms with Crippen LogP contribution in [-0.4, -0.2) is 76.7 Å². The first-order chi connectivity index (χ1) is 16.9. The minimum Gasteiger partial charge on any atom is -0.391 e. The summed E-state index contributed by atoms with van der Waals surface area (Å²) in [5.41, 5.74) is 0.988. The van der Waals surface area contributed by atoms with Crippen LogP contribution in [0, 0.1) is 5.41 Å². The summed E-state index contributed by atoms with van der Waals surface area (Å²) in [6.07, 6.45) is 4.78. The average Bonchev–Trinajstić information content (AvgIpc) is 3.39. The molecule has 2 aromatic rings. The minimum atomic E-state index is -3.39. The molecule has 1 saturated heterocycles. The van der Waals surface area contributed by atoms with E-state index < -0.39 is 33.4 Å². The number of nitrogens with one attached hydrogen (secondary N) is 1. The van der Waals surface area contributed by atoms with Gasteiger partial charge in [-0.15, -0.1) is 5.10 Å². The van der Waals surface area contributed by atoms with Crippen LogP contribution in [-0.2, 0) is 25.8 Å². The fraction of sp³-hybridized carbons (Fsp3) is 0.600. The largest absolute Gasteiger partial charge is 0.391 e. The van der Waals surface area contributed by atoms with Gasteiger partial charge in [-0.25, -0.2) is 13.1 Å². The number of rotatable bonds is 8. The van der Waals surface area contributed by atoms with Gasteiger partial charge in [0.2, 0.25) is 11.8 Å². The SMILES string of the molecule is CC(C)(C)[C@@H](C(=O)N1CC(O)CC1C(=O)NCCc1ccccc1S(C)(=O)=O)n1cc(C2CC2)nn1. The third kappa shape index (κ3) is 5.78. The summed E-state index contributed by atoms with van der Waals surface area (Å²) in [6.45, 7) is 6.08. The Labute approximate surface area is 212 Å². The lowest BCUT2D eigenvalue weighted by Gasteiger charge is -2.34. The lowest BCUT2D eigenvalue weighted by molar-refractivity contribution is -0.144. The molecule has 1 aliphatic heterocycles. The Morgan fingerprint density at radius 1 is 1.22 bits per heavy atom. The van der Waals surface area contributed by atoms with Gasteiger partial charge in [-0.05, 0) is 36.3 Å². The molecular weight excluding hydrogens is 482 g/mol. The number of carbonyl (C=O) groups excluding carboxylic acids is 2. The zero-order chi connectivity index (χ0) is 26.3. The molecule has 1 aliphatic carbocycles. The molecule has 0 spiro atoms. The predicted octanol–water partition coefficient (Wildman–Crippen LogP) is 1.47. The van der Waals surface area contributed by atoms with E-state index in [9.17, 15) is 23.1 Å². The molecule has 11 heteroatoms. The molecule has 0 radical (unpaired) electrons. The number of amides is 2. The van der Waals surface area contributed by atoms with Crippen molar-refractivity contribution in [2.24, 2.45) is 5.41 Å². The van der Waals surface area contributed by atoms with Gasteiger partial charge in [0.1, 0.15) is 12.1 Å². The highest BCUT2D eigenvalue weighted by Gasteiger charge is 2.45. The number of aliphatic hydroxyl groups is 1. The second kappa shape index (κ2) is 9.93. The van der Waals surface area contributed by atoms with Crippen molar-refractivity contribution in [2.45, 2.75) is 75.5 Å². The number of carbonyl (C=O) groups is 2. The van der Waals surface area contributed by atoms with Gasteiger partial charge in [0.05, 0.1) is 16.7 Å². The van der Waals surface area contributed by atoms with Gasteiger partial charge >= 0.3 is 0 Å². The van der Waals surface area contributed by atoms with Crippen molar-refractivity contribution in [2.75, 3.05) is 19.3 Å². The minimum absolute atomic E-state index is 0.0601. The Balaban J connectivity index is 1.47. The Hall–Kier alpha value is -2.79. The van der Waals surface area contributed by atoms with Crippen LogP contribution in [0.1, 0.15) is 63.3 Å². The molecule has 2 fully saturated rings. The summed E-state index contributed by atoms with van der Waals surface area (Å²) < 4.78 is 25.7. The second-order valence-corrected chi connectivity index (χ2v) is 13.0. The quantitative estimate of drug-likeness (QED) is 0.541. The molecule has 2 aliphatic rings. The van der Waals surface area contributed by atoms with Gasteiger partial charge < -0.3 is 15.3 Å². The fourth-order valence-electron chi connectivity index (χ4n) is 4.84. The van der Waals surface area contributed by atoms with Crippen LogP contribution in [0.15, 0.2) is 35.4 Å². The summed E-state index contributed by atoms with van der Waals surface area (Å²) in [6, 6.07) is 5.18. The van der Waals surface area contributed by atoms with Crippen molar-refractivity contribution in [3.05, 3.63) is 41.7 Å². The van der Waals surface area contributed by atoms with Crippen LogP contribution in [0.2, 0.25) is 0 Å². The summed E-state index contributed by atoms with van der Waals surface area (Å²) in [4.78, 5) is 28.6. The number of benzene rings is 1. The van der Waals surface area contributed by atoms with Gasteiger partial charge in [-0.1, -0.05) is 44.2 Å². The molecular formula is C25H35N5O5S. The molecule has 196 valence electrons. The van der Waals surface area contributed by atoms with E-state index in [-0.39, 0.29) is 36.2 Å². The van der Waals surface area contributed by atoms with Gasteiger partial charge in [0.15, 0.2) is 9.84 Å². The van der Waals surface area contributed by atoms with Crippen molar-refractivity contribution in [1.82, 2.24) is 25.2 Å². The Bertz CT molecular complexity index is 1230. The highest BCUT2D eigenvalue weighted by molar-refractivity contribution is 7.90. The number of likely N-dealkylation sites (tertiary alicyclic amines) is 1. The standard InChI is InChI=1S/C25H35N5O5S/c1-25(2,3)22(30-15-19(27-28-30)16-9-10-16)24(33)29-14-18(31)13-20(29)23(32)26-12-11-17-7-5-6-8-21(17)36(4,34)35/h5-8,15-16,18,20,22,31H,9-14H2,1-4H3,(H,26,32)/t18?,20?,22-/m1/s1. The van der Waals surface area contributed by atoms with Crippen LogP contribution in [0.4, 0.5) is 0 Å². The Kier molecular flexibility index (Phi) is 7.25. The van der Waals surface area contributed by atoms with Gasteiger partial charge in [-0.2, -0.15) is 0 Å². The van der Waals surface area contributed by atoms with Crippen LogP contribution in [0.3, 0.4) is 0 Å². The maximum atomic E-state index is 13.8. The number of sulfone groups is 1. The van der Waals surface area contributed by atoms with E-state index in [0.717, 1.165) is 24.8 Å². The maximum absolute atomic E-state index is 13.8. The van der Waals surface area contributed by atoms with Crippen LogP contribution >= 0.6 is 0 Å². The van der Waals surface area contributed by atoms with Gasteiger partial charge in [0, 0.05) is 37.9 Å². The molecule has 2 unspecified atom stereocenters. The maximum Gasteiger partial charge on any atom is 0.248 e. The summed E-state index contributed by atoms with van der Waals surface area (Å²) >= 11 is 0. The Morgan fingerprint density at radius 3 is 2.56 bits per heavy atom. The van der Waals surface area contributed by atoms with E-state index in [4.69, 9.17) is 0 Å². The highest BCUT2D eigenvalue weighted by atomic mass is 32.2. The monoisotopic (exact) mass is 517 g/mol. The van der Waals surface area contributed by atoms with Crippen molar-refractivity contribution in [1.29, 1.82) is 0 Å². The molecule has 1 aromatic heterocycles. The molecule has 4 rings (SSSR count). The predicted molar refractivity (Wildman–Crippen MR) is 133 cm³/mol. The zero-order valence-electron chi connectivity index (χ0n) is 21.2. The van der Waals surface area contributed by atoms with E-state index >= 15 is 0 Å². The molecule has 2 N–H and O–H groups in total. The molecule has 10 nitrogen and oxygen atoms in total. The third-order valence-corrected chi connectivity index (χ3v) is 7.97. The summed E-state index contributed by atoms with van der Waals surface area (Å²) in [5.74, 6) is -0.259. The molecule has 3 atom stereocenters. The van der Waals surface area contributed by atoms with E-state index in [2.05, 4.69) is 15.6 Å². The number of hydrogen-bond donors (Lipinski definition) is 2. The number of nitrogens with zero attached hydrogens (tertiary/aromatic N) is 4. The second-order valence-electron chi connectivity index (χ2n) is 11.0. The van der Waals surface area contributed by atoms with Gasteiger partial charge in [0.25, 0.3) is 0 Å². The lowest BCUT2D eigenvalue weighted by Crippen LogP contribution is -2.50. The molecule has 1 saturated carbocycles. The molecule has 36 heavy (non-hydrogen) atoms. The van der Waals surface area contributed by atoms with Crippen LogP contribution < -0.4 is 5.32 Å². The Morgan fingerprint density at radius 2 is 1.92 bits per heavy atom. The fourth-order valence-corrected chi connectivity index (χ4v) is 5.81. The number of hydrogen-bond acceptors (Lipinski definition) is 7. The third-order valence-electron chi connectivity index (χ3n) is 6.77. The molecule has 2 amide bonds. The van der Waals surface area contributed by atoms with Crippen LogP contribution in [0.25, 0.3) is 0 Å². The smallest absolute Gasteiger partial charge is 0.248 e. The first-order valence-electron chi connectivity index (χ1n) is 12.3. The first kappa shape index (κ1) is 26.3.